The lowest BCUT2D eigenvalue weighted by atomic mass is 10.6. The van der Waals surface area contributed by atoms with Crippen LogP contribution in [0, 0.1) is 0 Å². The van der Waals surface area contributed by atoms with Crippen molar-refractivity contribution in [3.8, 4) is 0 Å². The molecule has 0 aliphatic rings. The number of ether oxygens (including phenoxy) is 4. The predicted molar refractivity (Wildman–Crippen MR) is 68.9 cm³/mol. The van der Waals surface area contributed by atoms with Gasteiger partial charge in [-0.1, -0.05) is 0 Å². The topological polar surface area (TPSA) is 60.4 Å². The van der Waals surface area contributed by atoms with Crippen molar-refractivity contribution in [1.29, 1.82) is 0 Å². The number of hydrogen-bond donors (Lipinski definition) is 1. The fourth-order valence-corrected chi connectivity index (χ4v) is 1.07. The number of nitrogens with zero attached hydrogens (tertiary/aromatic N) is 1. The third kappa shape index (κ3) is 15.8. The molecule has 18 heavy (non-hydrogen) atoms. The summed E-state index contributed by atoms with van der Waals surface area (Å²) in [6.45, 7) is 5.45. The molecule has 0 saturated heterocycles. The third-order valence-electron chi connectivity index (χ3n) is 2.03. The summed E-state index contributed by atoms with van der Waals surface area (Å²) in [5, 5.41) is 8.46. The highest BCUT2D eigenvalue weighted by Gasteiger charge is 1.93. The maximum atomic E-state index is 8.46. The van der Waals surface area contributed by atoms with E-state index in [4.69, 9.17) is 24.1 Å². The van der Waals surface area contributed by atoms with Crippen LogP contribution in [-0.2, 0) is 18.9 Å². The molecule has 0 spiro atoms. The summed E-state index contributed by atoms with van der Waals surface area (Å²) in [6.07, 6.45) is 0. The molecule has 0 aliphatic carbocycles. The minimum absolute atomic E-state index is 0.0525. The van der Waals surface area contributed by atoms with Gasteiger partial charge in [0.25, 0.3) is 0 Å². The van der Waals surface area contributed by atoms with E-state index in [0.717, 1.165) is 13.2 Å². The average molecular weight is 265 g/mol. The first-order valence-corrected chi connectivity index (χ1v) is 6.34. The first-order chi connectivity index (χ1) is 8.77. The van der Waals surface area contributed by atoms with Crippen LogP contribution in [0.2, 0.25) is 0 Å². The Morgan fingerprint density at radius 1 is 0.667 bits per heavy atom. The highest BCUT2D eigenvalue weighted by molar-refractivity contribution is 4.40. The van der Waals surface area contributed by atoms with Gasteiger partial charge < -0.3 is 29.0 Å². The highest BCUT2D eigenvalue weighted by atomic mass is 16.6. The van der Waals surface area contributed by atoms with Crippen molar-refractivity contribution in [2.24, 2.45) is 0 Å². The molecule has 0 atom stereocenters. The zero-order valence-corrected chi connectivity index (χ0v) is 11.6. The molecular weight excluding hydrogens is 238 g/mol. The van der Waals surface area contributed by atoms with Crippen LogP contribution in [0.5, 0.6) is 0 Å². The summed E-state index contributed by atoms with van der Waals surface area (Å²) < 4.78 is 21.0. The Morgan fingerprint density at radius 3 is 1.44 bits per heavy atom. The second kappa shape index (κ2) is 14.8. The Bertz CT molecular complexity index is 157. The lowest BCUT2D eigenvalue weighted by Gasteiger charge is -2.10. The lowest BCUT2D eigenvalue weighted by molar-refractivity contribution is -0.00641. The van der Waals surface area contributed by atoms with E-state index in [2.05, 4.69) is 4.90 Å². The van der Waals surface area contributed by atoms with Crippen LogP contribution in [0.3, 0.4) is 0 Å². The molecule has 0 heterocycles. The summed E-state index contributed by atoms with van der Waals surface area (Å²) in [5.74, 6) is 0. The van der Waals surface area contributed by atoms with Crippen LogP contribution in [0.1, 0.15) is 0 Å². The summed E-state index contributed by atoms with van der Waals surface area (Å²) >= 11 is 0. The first kappa shape index (κ1) is 17.8. The quantitative estimate of drug-likeness (QED) is 0.432. The molecule has 0 saturated carbocycles. The van der Waals surface area contributed by atoms with Crippen LogP contribution in [0.4, 0.5) is 0 Å². The largest absolute Gasteiger partial charge is 0.394 e. The molecule has 0 rings (SSSR count). The molecule has 0 aromatic heterocycles. The average Bonchev–Trinajstić information content (AvgIpc) is 2.34. The summed E-state index contributed by atoms with van der Waals surface area (Å²) in [4.78, 5) is 2.08. The molecule has 0 bridgehead atoms. The third-order valence-corrected chi connectivity index (χ3v) is 2.03. The van der Waals surface area contributed by atoms with Gasteiger partial charge in [-0.2, -0.15) is 0 Å². The van der Waals surface area contributed by atoms with Gasteiger partial charge in [0, 0.05) is 6.54 Å². The molecule has 110 valence electrons. The van der Waals surface area contributed by atoms with Crippen molar-refractivity contribution >= 4 is 0 Å². The number of likely N-dealkylation sites (N-methyl/N-ethyl adjacent to an activating group) is 1. The normalized spacial score (nSPS) is 11.3. The minimum atomic E-state index is 0.0525. The van der Waals surface area contributed by atoms with E-state index in [0.29, 0.717) is 46.2 Å². The van der Waals surface area contributed by atoms with Gasteiger partial charge in [-0.25, -0.2) is 0 Å². The number of aliphatic hydroxyl groups excluding tert-OH is 1. The monoisotopic (exact) mass is 265 g/mol. The molecule has 0 unspecified atom stereocenters. The molecule has 0 radical (unpaired) electrons. The van der Waals surface area contributed by atoms with Crippen LogP contribution < -0.4 is 0 Å². The second-order valence-corrected chi connectivity index (χ2v) is 3.98. The Labute approximate surface area is 110 Å². The second-order valence-electron chi connectivity index (χ2n) is 3.98. The van der Waals surface area contributed by atoms with Gasteiger partial charge in [-0.15, -0.1) is 0 Å². The van der Waals surface area contributed by atoms with Crippen molar-refractivity contribution in [2.75, 3.05) is 80.1 Å². The SMILES string of the molecule is CN(C)CCOCCOCCOCCOCCO. The van der Waals surface area contributed by atoms with E-state index in [1.54, 1.807) is 0 Å². The zero-order chi connectivity index (χ0) is 13.5. The molecular formula is C12H27NO5. The molecule has 6 nitrogen and oxygen atoms in total. The van der Waals surface area contributed by atoms with Crippen LogP contribution >= 0.6 is 0 Å². The fraction of sp³-hybridized carbons (Fsp3) is 1.00. The van der Waals surface area contributed by atoms with Crippen molar-refractivity contribution in [3.05, 3.63) is 0 Å². The first-order valence-electron chi connectivity index (χ1n) is 6.34. The van der Waals surface area contributed by atoms with Crippen molar-refractivity contribution in [3.63, 3.8) is 0 Å². The van der Waals surface area contributed by atoms with Crippen LogP contribution in [0.25, 0.3) is 0 Å². The van der Waals surface area contributed by atoms with Gasteiger partial charge in [0.05, 0.1) is 59.5 Å². The van der Waals surface area contributed by atoms with Gasteiger partial charge in [-0.05, 0) is 14.1 Å². The molecule has 0 amide bonds. The van der Waals surface area contributed by atoms with E-state index in [-0.39, 0.29) is 6.61 Å². The van der Waals surface area contributed by atoms with E-state index >= 15 is 0 Å². The van der Waals surface area contributed by atoms with Gasteiger partial charge in [-0.3, -0.25) is 0 Å². The molecule has 0 aliphatic heterocycles. The van der Waals surface area contributed by atoms with Crippen molar-refractivity contribution in [2.45, 2.75) is 0 Å². The van der Waals surface area contributed by atoms with E-state index in [1.165, 1.54) is 0 Å². The Kier molecular flexibility index (Phi) is 14.6. The maximum Gasteiger partial charge on any atom is 0.0701 e. The summed E-state index contributed by atoms with van der Waals surface area (Å²) in [7, 11) is 4.03. The number of aliphatic hydroxyl groups is 1. The Hall–Kier alpha value is -0.240. The smallest absolute Gasteiger partial charge is 0.0701 e. The highest BCUT2D eigenvalue weighted by Crippen LogP contribution is 1.83. The number of rotatable bonds is 14. The standard InChI is InChI=1S/C12H27NO5/c1-13(2)3-5-15-7-9-17-11-12-18-10-8-16-6-4-14/h14H,3-12H2,1-2H3. The summed E-state index contributed by atoms with van der Waals surface area (Å²) in [5.41, 5.74) is 0. The van der Waals surface area contributed by atoms with E-state index in [1.807, 2.05) is 14.1 Å². The van der Waals surface area contributed by atoms with Gasteiger partial charge >= 0.3 is 0 Å². The number of hydrogen-bond acceptors (Lipinski definition) is 6. The van der Waals surface area contributed by atoms with Crippen molar-refractivity contribution < 1.29 is 24.1 Å². The zero-order valence-electron chi connectivity index (χ0n) is 11.6. The predicted octanol–water partition coefficient (Wildman–Crippen LogP) is -0.393. The lowest BCUT2D eigenvalue weighted by Crippen LogP contribution is -2.19. The maximum absolute atomic E-state index is 8.46. The minimum Gasteiger partial charge on any atom is -0.394 e. The van der Waals surface area contributed by atoms with Gasteiger partial charge in [0.15, 0.2) is 0 Å². The van der Waals surface area contributed by atoms with E-state index in [9.17, 15) is 0 Å². The molecule has 0 fully saturated rings. The fourth-order valence-electron chi connectivity index (χ4n) is 1.07. The Balaban J connectivity index is 2.90. The van der Waals surface area contributed by atoms with Crippen LogP contribution in [-0.4, -0.2) is 90.1 Å². The van der Waals surface area contributed by atoms with Gasteiger partial charge in [0.1, 0.15) is 0 Å². The van der Waals surface area contributed by atoms with Crippen molar-refractivity contribution in [1.82, 2.24) is 4.90 Å². The van der Waals surface area contributed by atoms with Gasteiger partial charge in [0.2, 0.25) is 0 Å². The summed E-state index contributed by atoms with van der Waals surface area (Å²) in [6, 6.07) is 0. The van der Waals surface area contributed by atoms with E-state index < -0.39 is 0 Å². The molecule has 6 heteroatoms. The molecule has 1 N–H and O–H groups in total. The molecule has 0 aromatic rings. The molecule has 0 aromatic carbocycles. The van der Waals surface area contributed by atoms with Crippen LogP contribution in [0.15, 0.2) is 0 Å². The Morgan fingerprint density at radius 2 is 1.06 bits per heavy atom.